The van der Waals surface area contributed by atoms with Crippen molar-refractivity contribution in [2.45, 2.75) is 33.1 Å². The Kier molecular flexibility index (Phi) is 6.55. The standard InChI is InChI=1S/C28H26N2O4/c1-4-19-6-8-20(9-7-19)27-23-12-11-22(14-25(23)34-28(30)24(27)15-29)33-26(31)16-32-21-10-5-17(2)18(3)13-21/h5-14,27H,4,16,30H2,1-3H3. The summed E-state index contributed by atoms with van der Waals surface area (Å²) in [6.45, 7) is 5.86. The molecule has 0 saturated carbocycles. The lowest BCUT2D eigenvalue weighted by molar-refractivity contribution is -0.136. The van der Waals surface area contributed by atoms with Crippen molar-refractivity contribution in [3.8, 4) is 23.3 Å². The fraction of sp³-hybridized carbons (Fsp3) is 0.214. The van der Waals surface area contributed by atoms with Crippen molar-refractivity contribution in [3.05, 3.63) is 99.9 Å². The monoisotopic (exact) mass is 454 g/mol. The van der Waals surface area contributed by atoms with Gasteiger partial charge < -0.3 is 19.9 Å². The highest BCUT2D eigenvalue weighted by molar-refractivity contribution is 5.74. The Labute approximate surface area is 199 Å². The average Bonchev–Trinajstić information content (AvgIpc) is 2.84. The molecule has 172 valence electrons. The largest absolute Gasteiger partial charge is 0.482 e. The summed E-state index contributed by atoms with van der Waals surface area (Å²) in [6.07, 6.45) is 0.926. The lowest BCUT2D eigenvalue weighted by atomic mass is 9.83. The average molecular weight is 455 g/mol. The van der Waals surface area contributed by atoms with Gasteiger partial charge in [0.2, 0.25) is 5.88 Å². The van der Waals surface area contributed by atoms with E-state index in [9.17, 15) is 10.1 Å². The van der Waals surface area contributed by atoms with Crippen molar-refractivity contribution in [3.63, 3.8) is 0 Å². The fourth-order valence-corrected chi connectivity index (χ4v) is 3.89. The Hall–Kier alpha value is -4.24. The topological polar surface area (TPSA) is 94.6 Å². The second kappa shape index (κ2) is 9.72. The van der Waals surface area contributed by atoms with Crippen molar-refractivity contribution < 1.29 is 19.0 Å². The van der Waals surface area contributed by atoms with Gasteiger partial charge in [-0.25, -0.2) is 4.79 Å². The van der Waals surface area contributed by atoms with Crippen LogP contribution in [0, 0.1) is 25.2 Å². The summed E-state index contributed by atoms with van der Waals surface area (Å²) in [5.74, 6) is 0.496. The van der Waals surface area contributed by atoms with Crippen molar-refractivity contribution in [1.82, 2.24) is 0 Å². The van der Waals surface area contributed by atoms with Crippen LogP contribution in [0.1, 0.15) is 40.7 Å². The summed E-state index contributed by atoms with van der Waals surface area (Å²) in [5.41, 5.74) is 11.6. The van der Waals surface area contributed by atoms with Crippen LogP contribution in [0.15, 0.2) is 72.1 Å². The van der Waals surface area contributed by atoms with Gasteiger partial charge in [0.05, 0.1) is 5.92 Å². The Balaban J connectivity index is 1.53. The molecule has 1 aliphatic heterocycles. The molecule has 2 N–H and O–H groups in total. The predicted octanol–water partition coefficient (Wildman–Crippen LogP) is 5.07. The van der Waals surface area contributed by atoms with Crippen LogP contribution in [-0.2, 0) is 11.2 Å². The molecule has 0 aromatic heterocycles. The second-order valence-electron chi connectivity index (χ2n) is 8.23. The van der Waals surface area contributed by atoms with E-state index in [0.29, 0.717) is 22.8 Å². The molecule has 4 rings (SSSR count). The second-order valence-corrected chi connectivity index (χ2v) is 8.23. The van der Waals surface area contributed by atoms with E-state index in [2.05, 4.69) is 13.0 Å². The predicted molar refractivity (Wildman–Crippen MR) is 129 cm³/mol. The van der Waals surface area contributed by atoms with Gasteiger partial charge in [0.1, 0.15) is 28.9 Å². The van der Waals surface area contributed by atoms with Crippen LogP contribution in [0.2, 0.25) is 0 Å². The van der Waals surface area contributed by atoms with Gasteiger partial charge in [0.25, 0.3) is 0 Å². The molecule has 0 saturated heterocycles. The number of nitrogens with two attached hydrogens (primary N) is 1. The number of allylic oxidation sites excluding steroid dienone is 1. The summed E-state index contributed by atoms with van der Waals surface area (Å²) in [6, 6.07) is 21.0. The number of hydrogen-bond donors (Lipinski definition) is 1. The van der Waals surface area contributed by atoms with E-state index in [1.807, 2.05) is 56.3 Å². The molecule has 3 aromatic rings. The normalized spacial score (nSPS) is 14.6. The van der Waals surface area contributed by atoms with Crippen LogP contribution in [-0.4, -0.2) is 12.6 Å². The Morgan fingerprint density at radius 2 is 1.76 bits per heavy atom. The zero-order valence-corrected chi connectivity index (χ0v) is 19.4. The summed E-state index contributed by atoms with van der Waals surface area (Å²) < 4.78 is 16.7. The van der Waals surface area contributed by atoms with Crippen LogP contribution in [0.3, 0.4) is 0 Å². The van der Waals surface area contributed by atoms with Crippen LogP contribution in [0.5, 0.6) is 17.2 Å². The van der Waals surface area contributed by atoms with E-state index >= 15 is 0 Å². The van der Waals surface area contributed by atoms with Crippen molar-refractivity contribution >= 4 is 5.97 Å². The fourth-order valence-electron chi connectivity index (χ4n) is 3.89. The Morgan fingerprint density at radius 3 is 2.44 bits per heavy atom. The number of esters is 1. The number of carbonyl (C=O) groups excluding carboxylic acids is 1. The van der Waals surface area contributed by atoms with Gasteiger partial charge >= 0.3 is 5.97 Å². The summed E-state index contributed by atoms with van der Waals surface area (Å²) >= 11 is 0. The summed E-state index contributed by atoms with van der Waals surface area (Å²) in [5, 5.41) is 9.73. The van der Waals surface area contributed by atoms with Gasteiger partial charge in [-0.3, -0.25) is 0 Å². The Morgan fingerprint density at radius 1 is 1.03 bits per heavy atom. The SMILES string of the molecule is CCc1ccc(C2C(C#N)=C(N)Oc3cc(OC(=O)COc4ccc(C)c(C)c4)ccc32)cc1. The van der Waals surface area contributed by atoms with Crippen LogP contribution < -0.4 is 19.9 Å². The Bertz CT molecular complexity index is 1300. The minimum absolute atomic E-state index is 0.0427. The molecule has 1 heterocycles. The van der Waals surface area contributed by atoms with Gasteiger partial charge in [-0.1, -0.05) is 43.3 Å². The third kappa shape index (κ3) is 4.74. The molecule has 6 nitrogen and oxygen atoms in total. The number of aryl methyl sites for hydroxylation is 3. The first-order valence-electron chi connectivity index (χ1n) is 11.1. The molecule has 0 fully saturated rings. The van der Waals surface area contributed by atoms with Gasteiger partial charge in [0.15, 0.2) is 6.61 Å². The molecule has 1 aliphatic rings. The number of benzene rings is 3. The maximum Gasteiger partial charge on any atom is 0.349 e. The summed E-state index contributed by atoms with van der Waals surface area (Å²) in [4.78, 5) is 12.3. The zero-order valence-electron chi connectivity index (χ0n) is 19.4. The van der Waals surface area contributed by atoms with E-state index in [0.717, 1.165) is 28.7 Å². The first-order valence-corrected chi connectivity index (χ1v) is 11.1. The van der Waals surface area contributed by atoms with Crippen molar-refractivity contribution in [2.24, 2.45) is 5.73 Å². The molecule has 0 amide bonds. The molecule has 0 spiro atoms. The highest BCUT2D eigenvalue weighted by atomic mass is 16.6. The molecular formula is C28H26N2O4. The maximum absolute atomic E-state index is 12.3. The minimum atomic E-state index is -0.540. The lowest BCUT2D eigenvalue weighted by Crippen LogP contribution is -2.21. The lowest BCUT2D eigenvalue weighted by Gasteiger charge is -2.26. The van der Waals surface area contributed by atoms with Gasteiger partial charge in [-0.15, -0.1) is 0 Å². The number of hydrogen-bond acceptors (Lipinski definition) is 6. The summed E-state index contributed by atoms with van der Waals surface area (Å²) in [7, 11) is 0. The molecule has 1 unspecified atom stereocenters. The number of nitriles is 1. The van der Waals surface area contributed by atoms with E-state index in [1.165, 1.54) is 5.56 Å². The molecule has 3 aromatic carbocycles. The van der Waals surface area contributed by atoms with E-state index in [1.54, 1.807) is 18.2 Å². The number of fused-ring (bicyclic) bond motifs is 1. The van der Waals surface area contributed by atoms with E-state index in [-0.39, 0.29) is 18.4 Å². The minimum Gasteiger partial charge on any atom is -0.482 e. The number of nitrogens with zero attached hydrogens (tertiary/aromatic N) is 1. The third-order valence-corrected chi connectivity index (χ3v) is 5.98. The van der Waals surface area contributed by atoms with Gasteiger partial charge in [-0.05, 0) is 60.7 Å². The number of ether oxygens (including phenoxy) is 3. The molecule has 1 atom stereocenters. The molecule has 34 heavy (non-hydrogen) atoms. The molecular weight excluding hydrogens is 428 g/mol. The quantitative estimate of drug-likeness (QED) is 0.413. The first kappa shape index (κ1) is 22.9. The first-order chi connectivity index (χ1) is 16.4. The smallest absolute Gasteiger partial charge is 0.349 e. The van der Waals surface area contributed by atoms with E-state index in [4.69, 9.17) is 19.9 Å². The van der Waals surface area contributed by atoms with Crippen LogP contribution >= 0.6 is 0 Å². The third-order valence-electron chi connectivity index (χ3n) is 5.98. The number of rotatable bonds is 6. The number of carbonyl (C=O) groups is 1. The highest BCUT2D eigenvalue weighted by Gasteiger charge is 2.31. The molecule has 0 bridgehead atoms. The molecule has 6 heteroatoms. The van der Waals surface area contributed by atoms with E-state index < -0.39 is 5.97 Å². The molecule has 0 radical (unpaired) electrons. The zero-order chi connectivity index (χ0) is 24.2. The van der Waals surface area contributed by atoms with Crippen molar-refractivity contribution in [2.75, 3.05) is 6.61 Å². The highest BCUT2D eigenvalue weighted by Crippen LogP contribution is 2.43. The maximum atomic E-state index is 12.3. The van der Waals surface area contributed by atoms with Gasteiger partial charge in [0, 0.05) is 11.6 Å². The van der Waals surface area contributed by atoms with Crippen LogP contribution in [0.25, 0.3) is 0 Å². The molecule has 0 aliphatic carbocycles. The van der Waals surface area contributed by atoms with Gasteiger partial charge in [-0.2, -0.15) is 5.26 Å². The van der Waals surface area contributed by atoms with Crippen LogP contribution in [0.4, 0.5) is 0 Å². The van der Waals surface area contributed by atoms with Crippen molar-refractivity contribution in [1.29, 1.82) is 5.26 Å².